The van der Waals surface area contributed by atoms with Gasteiger partial charge in [-0.3, -0.25) is 9.59 Å². The molecule has 5 fully saturated rings. The Morgan fingerprint density at radius 2 is 2.00 bits per heavy atom. The molecule has 2 heterocycles. The van der Waals surface area contributed by atoms with Gasteiger partial charge in [0.25, 0.3) is 5.56 Å². The first-order chi connectivity index (χ1) is 15.4. The van der Waals surface area contributed by atoms with Gasteiger partial charge < -0.3 is 14.6 Å². The minimum absolute atomic E-state index is 0.0463. The van der Waals surface area contributed by atoms with Crippen LogP contribution in [-0.2, 0) is 16.1 Å². The molecule has 4 saturated carbocycles. The molecule has 0 spiro atoms. The van der Waals surface area contributed by atoms with E-state index in [0.29, 0.717) is 41.7 Å². The van der Waals surface area contributed by atoms with Crippen molar-refractivity contribution in [1.29, 1.82) is 0 Å². The van der Waals surface area contributed by atoms with Gasteiger partial charge in [-0.25, -0.2) is 4.98 Å². The van der Waals surface area contributed by atoms with Crippen LogP contribution in [0.3, 0.4) is 0 Å². The number of alkyl halides is 1. The maximum absolute atomic E-state index is 14.2. The Balaban J connectivity index is 1.33. The monoisotopic (exact) mass is 455 g/mol. The number of carbonyl (C=O) groups excluding carboxylic acids is 1. The summed E-state index contributed by atoms with van der Waals surface area (Å²) in [5.74, 6) is 1.83. The summed E-state index contributed by atoms with van der Waals surface area (Å²) >= 11 is 7.03. The first-order valence-electron chi connectivity index (χ1n) is 12.0. The van der Waals surface area contributed by atoms with Crippen molar-refractivity contribution in [2.24, 2.45) is 17.3 Å². The van der Waals surface area contributed by atoms with Crippen LogP contribution in [0.15, 0.2) is 29.1 Å². The lowest BCUT2D eigenvalue weighted by Crippen LogP contribution is -2.59. The zero-order valence-corrected chi connectivity index (χ0v) is 19.1. The second-order valence-corrected chi connectivity index (χ2v) is 11.5. The number of para-hydroxylation sites is 1. The Hall–Kier alpha value is -1.92. The normalized spacial score (nSPS) is 35.5. The third-order valence-electron chi connectivity index (χ3n) is 8.18. The van der Waals surface area contributed by atoms with E-state index in [9.17, 15) is 9.59 Å². The number of benzene rings is 1. The molecule has 1 aromatic carbocycles. The topological polar surface area (TPSA) is 75.3 Å². The molecule has 7 rings (SSSR count). The maximum atomic E-state index is 14.2. The highest BCUT2D eigenvalue weighted by Gasteiger charge is 2.60. The number of fused-ring (bicyclic) bond motifs is 1. The van der Waals surface area contributed by atoms with E-state index in [-0.39, 0.29) is 27.9 Å². The van der Waals surface area contributed by atoms with Gasteiger partial charge in [0, 0.05) is 18.0 Å². The summed E-state index contributed by atoms with van der Waals surface area (Å²) in [5.41, 5.74) is 0.122. The average molecular weight is 456 g/mol. The standard InChI is InChI=1S/C25H30ClN3O3/c26-25-11-16-8-17(12-25)10-24(9-16,15-25)23(31)29(13-18-4-3-7-32-18)14-21-27-20-6-2-1-5-19(20)22(30)28-21/h1-2,5-6,16-18H,3-4,7-15H2,(H,27,28,30). The Labute approximate surface area is 192 Å². The number of H-pyrrole nitrogens is 1. The average Bonchev–Trinajstić information content (AvgIpc) is 3.24. The molecule has 3 atom stereocenters. The van der Waals surface area contributed by atoms with Crippen LogP contribution >= 0.6 is 11.6 Å². The Morgan fingerprint density at radius 1 is 1.22 bits per heavy atom. The van der Waals surface area contributed by atoms with Crippen molar-refractivity contribution in [2.45, 2.75) is 68.9 Å². The number of halogens is 1. The molecule has 6 nitrogen and oxygen atoms in total. The summed E-state index contributed by atoms with van der Waals surface area (Å²) in [5, 5.41) is 0.568. The van der Waals surface area contributed by atoms with Gasteiger partial charge in [0.15, 0.2) is 0 Å². The number of rotatable bonds is 5. The van der Waals surface area contributed by atoms with Crippen LogP contribution in [0.5, 0.6) is 0 Å². The highest BCUT2D eigenvalue weighted by atomic mass is 35.5. The van der Waals surface area contributed by atoms with E-state index in [0.717, 1.165) is 51.6 Å². The quantitative estimate of drug-likeness (QED) is 0.691. The molecular formula is C25H30ClN3O3. The number of aromatic amines is 1. The molecular weight excluding hydrogens is 426 g/mol. The van der Waals surface area contributed by atoms with Gasteiger partial charge >= 0.3 is 0 Å². The molecule has 4 aliphatic carbocycles. The predicted molar refractivity (Wildman–Crippen MR) is 122 cm³/mol. The van der Waals surface area contributed by atoms with Gasteiger partial charge in [0.05, 0.1) is 29.0 Å². The van der Waals surface area contributed by atoms with E-state index in [1.54, 1.807) is 6.07 Å². The zero-order valence-electron chi connectivity index (χ0n) is 18.3. The minimum atomic E-state index is -0.373. The fourth-order valence-corrected chi connectivity index (χ4v) is 8.07. The van der Waals surface area contributed by atoms with Crippen LogP contribution in [0.4, 0.5) is 0 Å². The number of carbonyl (C=O) groups is 1. The molecule has 1 aromatic heterocycles. The molecule has 1 N–H and O–H groups in total. The molecule has 1 aliphatic heterocycles. The van der Waals surface area contributed by atoms with Gasteiger partial charge in [0.1, 0.15) is 5.82 Å². The van der Waals surface area contributed by atoms with E-state index < -0.39 is 0 Å². The number of nitrogens with one attached hydrogen (secondary N) is 1. The Morgan fingerprint density at radius 3 is 2.72 bits per heavy atom. The summed E-state index contributed by atoms with van der Waals surface area (Å²) in [6.45, 7) is 1.59. The van der Waals surface area contributed by atoms with Crippen molar-refractivity contribution >= 4 is 28.4 Å². The third-order valence-corrected chi connectivity index (χ3v) is 8.62. The molecule has 1 saturated heterocycles. The van der Waals surface area contributed by atoms with Crippen molar-refractivity contribution in [2.75, 3.05) is 13.2 Å². The molecule has 0 radical (unpaired) electrons. The molecule has 2 aromatic rings. The molecule has 170 valence electrons. The van der Waals surface area contributed by atoms with Crippen LogP contribution in [0.25, 0.3) is 10.9 Å². The Bertz CT molecular complexity index is 1100. The number of ether oxygens (including phenoxy) is 1. The van der Waals surface area contributed by atoms with Crippen LogP contribution in [-0.4, -0.2) is 44.9 Å². The second kappa shape index (κ2) is 7.56. The Kier molecular flexibility index (Phi) is 4.88. The summed E-state index contributed by atoms with van der Waals surface area (Å²) < 4.78 is 5.89. The lowest BCUT2D eigenvalue weighted by Gasteiger charge is -2.59. The fourth-order valence-electron chi connectivity index (χ4n) is 7.38. The molecule has 7 heteroatoms. The lowest BCUT2D eigenvalue weighted by atomic mass is 9.49. The van der Waals surface area contributed by atoms with Crippen LogP contribution in [0.2, 0.25) is 0 Å². The van der Waals surface area contributed by atoms with Crippen molar-refractivity contribution in [3.05, 3.63) is 40.4 Å². The van der Waals surface area contributed by atoms with E-state index >= 15 is 0 Å². The van der Waals surface area contributed by atoms with Crippen molar-refractivity contribution < 1.29 is 9.53 Å². The van der Waals surface area contributed by atoms with Crippen molar-refractivity contribution in [3.63, 3.8) is 0 Å². The zero-order chi connectivity index (χ0) is 21.9. The van der Waals surface area contributed by atoms with Gasteiger partial charge in [-0.1, -0.05) is 12.1 Å². The number of aromatic nitrogens is 2. The van der Waals surface area contributed by atoms with Gasteiger partial charge in [-0.05, 0) is 75.3 Å². The molecule has 5 aliphatic rings. The van der Waals surface area contributed by atoms with Crippen molar-refractivity contribution in [3.8, 4) is 0 Å². The van der Waals surface area contributed by atoms with E-state index in [4.69, 9.17) is 16.3 Å². The second-order valence-electron chi connectivity index (χ2n) is 10.7. The number of amides is 1. The predicted octanol–water partition coefficient (Wildman–Crippen LogP) is 4.01. The van der Waals surface area contributed by atoms with E-state index in [1.807, 2.05) is 23.1 Å². The summed E-state index contributed by atoms with van der Waals surface area (Å²) in [4.78, 5) is 36.1. The van der Waals surface area contributed by atoms with Gasteiger partial charge in [0.2, 0.25) is 5.91 Å². The highest BCUT2D eigenvalue weighted by Crippen LogP contribution is 2.64. The smallest absolute Gasteiger partial charge is 0.258 e. The van der Waals surface area contributed by atoms with Crippen LogP contribution in [0.1, 0.15) is 57.2 Å². The number of hydrogen-bond acceptors (Lipinski definition) is 4. The molecule has 32 heavy (non-hydrogen) atoms. The number of nitrogens with zero attached hydrogens (tertiary/aromatic N) is 2. The fraction of sp³-hybridized carbons (Fsp3) is 0.640. The highest BCUT2D eigenvalue weighted by molar-refractivity contribution is 6.24. The number of hydrogen-bond donors (Lipinski definition) is 1. The first-order valence-corrected chi connectivity index (χ1v) is 12.4. The molecule has 4 bridgehead atoms. The third kappa shape index (κ3) is 3.56. The molecule has 3 unspecified atom stereocenters. The summed E-state index contributed by atoms with van der Waals surface area (Å²) in [7, 11) is 0. The van der Waals surface area contributed by atoms with Crippen molar-refractivity contribution in [1.82, 2.24) is 14.9 Å². The van der Waals surface area contributed by atoms with Crippen LogP contribution in [0, 0.1) is 17.3 Å². The first kappa shape index (κ1) is 20.7. The van der Waals surface area contributed by atoms with Gasteiger partial charge in [-0.2, -0.15) is 0 Å². The van der Waals surface area contributed by atoms with E-state index in [2.05, 4.69) is 9.97 Å². The maximum Gasteiger partial charge on any atom is 0.258 e. The largest absolute Gasteiger partial charge is 0.376 e. The van der Waals surface area contributed by atoms with Gasteiger partial charge in [-0.15, -0.1) is 11.6 Å². The summed E-state index contributed by atoms with van der Waals surface area (Å²) in [6.07, 6.45) is 8.01. The van der Waals surface area contributed by atoms with E-state index in [1.165, 1.54) is 6.42 Å². The van der Waals surface area contributed by atoms with Crippen LogP contribution < -0.4 is 5.56 Å². The summed E-state index contributed by atoms with van der Waals surface area (Å²) in [6, 6.07) is 7.33. The lowest BCUT2D eigenvalue weighted by molar-refractivity contribution is -0.158. The SMILES string of the molecule is O=C(N(Cc1nc2ccccc2c(=O)[nH]1)CC1CCCO1)C12CC3CC(CC(Cl)(C3)C1)C2. The minimum Gasteiger partial charge on any atom is -0.376 e. The molecule has 1 amide bonds.